The smallest absolute Gasteiger partial charge is 0.277 e. The Labute approximate surface area is 186 Å². The van der Waals surface area contributed by atoms with Crippen molar-refractivity contribution in [3.8, 4) is 0 Å². The fourth-order valence-corrected chi connectivity index (χ4v) is 3.65. The topological polar surface area (TPSA) is 102 Å². The summed E-state index contributed by atoms with van der Waals surface area (Å²) in [6.45, 7) is 7.98. The van der Waals surface area contributed by atoms with Gasteiger partial charge in [-0.1, -0.05) is 6.08 Å². The van der Waals surface area contributed by atoms with E-state index in [1.165, 1.54) is 10.9 Å². The molecule has 3 aromatic rings. The van der Waals surface area contributed by atoms with E-state index in [9.17, 15) is 9.59 Å². The van der Waals surface area contributed by atoms with E-state index < -0.39 is 0 Å². The Morgan fingerprint density at radius 1 is 1.22 bits per heavy atom. The number of benzene rings is 1. The quantitative estimate of drug-likeness (QED) is 0.538. The molecule has 2 aromatic heterocycles. The predicted octanol–water partition coefficient (Wildman–Crippen LogP) is 1.26. The SMILES string of the molecule is C=CCn1[nH]c2nc(Nc3ccc(N4CCN(CC(=O)N(C)C)CC4)cc3)ncc2c1=O. The lowest BCUT2D eigenvalue weighted by Crippen LogP contribution is -2.49. The molecule has 0 radical (unpaired) electrons. The normalized spacial score (nSPS) is 14.5. The van der Waals surface area contributed by atoms with Gasteiger partial charge in [-0.2, -0.15) is 4.98 Å². The van der Waals surface area contributed by atoms with Crippen LogP contribution in [0.15, 0.2) is 47.9 Å². The lowest BCUT2D eigenvalue weighted by molar-refractivity contribution is -0.129. The highest BCUT2D eigenvalue weighted by Crippen LogP contribution is 2.21. The Balaban J connectivity index is 1.37. The van der Waals surface area contributed by atoms with Crippen molar-refractivity contribution in [2.45, 2.75) is 6.54 Å². The second-order valence-corrected chi connectivity index (χ2v) is 8.00. The number of H-pyrrole nitrogens is 1. The molecule has 1 saturated heterocycles. The van der Waals surface area contributed by atoms with Crippen LogP contribution in [0.4, 0.5) is 17.3 Å². The fourth-order valence-electron chi connectivity index (χ4n) is 3.65. The molecule has 0 bridgehead atoms. The van der Waals surface area contributed by atoms with Crippen molar-refractivity contribution < 1.29 is 4.79 Å². The molecule has 0 atom stereocenters. The van der Waals surface area contributed by atoms with Gasteiger partial charge in [-0.15, -0.1) is 6.58 Å². The van der Waals surface area contributed by atoms with Crippen molar-refractivity contribution in [2.24, 2.45) is 0 Å². The Bertz CT molecular complexity index is 1160. The van der Waals surface area contributed by atoms with Crippen LogP contribution in [0.3, 0.4) is 0 Å². The molecule has 3 heterocycles. The zero-order valence-corrected chi connectivity index (χ0v) is 18.4. The second-order valence-electron chi connectivity index (χ2n) is 8.00. The number of carbonyl (C=O) groups excluding carboxylic acids is 1. The summed E-state index contributed by atoms with van der Waals surface area (Å²) >= 11 is 0. The van der Waals surface area contributed by atoms with E-state index in [2.05, 4.69) is 48.9 Å². The third-order valence-corrected chi connectivity index (χ3v) is 5.54. The van der Waals surface area contributed by atoms with Gasteiger partial charge in [-0.25, -0.2) is 9.67 Å². The highest BCUT2D eigenvalue weighted by atomic mass is 16.2. The van der Waals surface area contributed by atoms with Crippen molar-refractivity contribution in [1.82, 2.24) is 29.5 Å². The van der Waals surface area contributed by atoms with Crippen LogP contribution in [0.1, 0.15) is 0 Å². The maximum atomic E-state index is 12.2. The van der Waals surface area contributed by atoms with Crippen LogP contribution in [0.25, 0.3) is 11.0 Å². The minimum Gasteiger partial charge on any atom is -0.369 e. The van der Waals surface area contributed by atoms with Crippen LogP contribution < -0.4 is 15.8 Å². The number of hydrogen-bond acceptors (Lipinski definition) is 7. The standard InChI is InChI=1S/C22H28N8O2/c1-4-9-30-21(32)18-14-23-22(25-20(18)26-30)24-16-5-7-17(8-6-16)29-12-10-28(11-13-29)15-19(31)27(2)3/h4-8,14H,1,9-13,15H2,2-3H3,(H2,23,24,25,26). The molecule has 1 aromatic carbocycles. The number of piperazine rings is 1. The largest absolute Gasteiger partial charge is 0.369 e. The fraction of sp³-hybridized carbons (Fsp3) is 0.364. The van der Waals surface area contributed by atoms with Gasteiger partial charge >= 0.3 is 0 Å². The monoisotopic (exact) mass is 436 g/mol. The predicted molar refractivity (Wildman–Crippen MR) is 125 cm³/mol. The number of likely N-dealkylation sites (N-methyl/N-ethyl adjacent to an activating group) is 1. The van der Waals surface area contributed by atoms with Gasteiger partial charge in [0.2, 0.25) is 11.9 Å². The van der Waals surface area contributed by atoms with Gasteiger partial charge in [0.15, 0.2) is 5.65 Å². The summed E-state index contributed by atoms with van der Waals surface area (Å²) in [4.78, 5) is 38.9. The number of carbonyl (C=O) groups is 1. The van der Waals surface area contributed by atoms with Crippen molar-refractivity contribution in [3.63, 3.8) is 0 Å². The molecular weight excluding hydrogens is 408 g/mol. The van der Waals surface area contributed by atoms with Gasteiger partial charge in [0.25, 0.3) is 5.56 Å². The van der Waals surface area contributed by atoms with Gasteiger partial charge in [0, 0.05) is 57.8 Å². The number of hydrogen-bond donors (Lipinski definition) is 2. The molecule has 4 rings (SSSR count). The van der Waals surface area contributed by atoms with Crippen molar-refractivity contribution >= 4 is 34.3 Å². The molecule has 10 nitrogen and oxygen atoms in total. The average molecular weight is 437 g/mol. The summed E-state index contributed by atoms with van der Waals surface area (Å²) in [5, 5.41) is 6.60. The second kappa shape index (κ2) is 9.23. The molecule has 32 heavy (non-hydrogen) atoms. The lowest BCUT2D eigenvalue weighted by Gasteiger charge is -2.36. The van der Waals surface area contributed by atoms with Gasteiger partial charge in [0.1, 0.15) is 5.39 Å². The van der Waals surface area contributed by atoms with Crippen LogP contribution in [-0.2, 0) is 11.3 Å². The first-order chi connectivity index (χ1) is 15.4. The summed E-state index contributed by atoms with van der Waals surface area (Å²) < 4.78 is 1.45. The molecule has 1 amide bonds. The first kappa shape index (κ1) is 21.6. The number of aromatic amines is 1. The van der Waals surface area contributed by atoms with E-state index in [1.54, 1.807) is 25.1 Å². The Hall–Kier alpha value is -3.66. The number of nitrogens with zero attached hydrogens (tertiary/aromatic N) is 6. The van der Waals surface area contributed by atoms with E-state index >= 15 is 0 Å². The van der Waals surface area contributed by atoms with Gasteiger partial charge < -0.3 is 15.1 Å². The van der Waals surface area contributed by atoms with E-state index in [0.29, 0.717) is 30.1 Å². The number of fused-ring (bicyclic) bond motifs is 1. The number of amides is 1. The zero-order valence-electron chi connectivity index (χ0n) is 18.4. The average Bonchev–Trinajstić information content (AvgIpc) is 3.10. The van der Waals surface area contributed by atoms with Crippen LogP contribution >= 0.6 is 0 Å². The molecule has 1 aliphatic rings. The minimum absolute atomic E-state index is 0.135. The third-order valence-electron chi connectivity index (χ3n) is 5.54. The van der Waals surface area contributed by atoms with Crippen LogP contribution in [0, 0.1) is 0 Å². The molecule has 10 heteroatoms. The lowest BCUT2D eigenvalue weighted by atomic mass is 10.2. The van der Waals surface area contributed by atoms with Crippen molar-refractivity contribution in [2.75, 3.05) is 57.0 Å². The first-order valence-corrected chi connectivity index (χ1v) is 10.6. The number of anilines is 3. The maximum absolute atomic E-state index is 12.2. The van der Waals surface area contributed by atoms with E-state index in [-0.39, 0.29) is 11.5 Å². The molecule has 2 N–H and O–H groups in total. The van der Waals surface area contributed by atoms with Crippen LogP contribution in [0.2, 0.25) is 0 Å². The minimum atomic E-state index is -0.165. The van der Waals surface area contributed by atoms with Crippen molar-refractivity contribution in [1.29, 1.82) is 0 Å². The van der Waals surface area contributed by atoms with Gasteiger partial charge in [-0.05, 0) is 24.3 Å². The number of allylic oxidation sites excluding steroid dienone is 1. The van der Waals surface area contributed by atoms with Crippen LogP contribution in [0.5, 0.6) is 0 Å². The highest BCUT2D eigenvalue weighted by Gasteiger charge is 2.20. The summed E-state index contributed by atoms with van der Waals surface area (Å²) in [5.74, 6) is 0.548. The van der Waals surface area contributed by atoms with Gasteiger partial charge in [0.05, 0.1) is 13.1 Å². The highest BCUT2D eigenvalue weighted by molar-refractivity contribution is 5.77. The molecule has 0 saturated carbocycles. The Kier molecular flexibility index (Phi) is 6.22. The maximum Gasteiger partial charge on any atom is 0.277 e. The summed E-state index contributed by atoms with van der Waals surface area (Å²) in [6, 6.07) is 8.08. The van der Waals surface area contributed by atoms with E-state index in [4.69, 9.17) is 0 Å². The Morgan fingerprint density at radius 2 is 1.94 bits per heavy atom. The van der Waals surface area contributed by atoms with E-state index in [0.717, 1.165) is 37.6 Å². The Morgan fingerprint density at radius 3 is 2.59 bits per heavy atom. The van der Waals surface area contributed by atoms with E-state index in [1.807, 2.05) is 12.1 Å². The molecule has 0 spiro atoms. The number of aromatic nitrogens is 4. The van der Waals surface area contributed by atoms with Crippen LogP contribution in [-0.4, -0.2) is 82.3 Å². The molecule has 168 valence electrons. The third kappa shape index (κ3) is 4.65. The molecule has 0 unspecified atom stereocenters. The number of rotatable bonds is 7. The molecule has 1 aliphatic heterocycles. The molecule has 0 aliphatic carbocycles. The summed E-state index contributed by atoms with van der Waals surface area (Å²) in [5.41, 5.74) is 2.31. The zero-order chi connectivity index (χ0) is 22.7. The summed E-state index contributed by atoms with van der Waals surface area (Å²) in [6.07, 6.45) is 3.17. The number of nitrogens with one attached hydrogen (secondary N) is 2. The first-order valence-electron chi connectivity index (χ1n) is 10.6. The molecular formula is C22H28N8O2. The molecule has 1 fully saturated rings. The summed E-state index contributed by atoms with van der Waals surface area (Å²) in [7, 11) is 3.57. The van der Waals surface area contributed by atoms with Gasteiger partial charge in [-0.3, -0.25) is 19.6 Å². The van der Waals surface area contributed by atoms with Crippen molar-refractivity contribution in [3.05, 3.63) is 53.5 Å².